The van der Waals surface area contributed by atoms with E-state index in [0.29, 0.717) is 11.6 Å². The molecule has 1 saturated heterocycles. The van der Waals surface area contributed by atoms with E-state index >= 15 is 0 Å². The Bertz CT molecular complexity index is 181. The number of rotatable bonds is 5. The lowest BCUT2D eigenvalue weighted by Crippen LogP contribution is -2.37. The number of hydrogen-bond acceptors (Lipinski definition) is 4. The molecule has 0 spiro atoms. The average molecular weight is 217 g/mol. The third-order valence-electron chi connectivity index (χ3n) is 2.21. The van der Waals surface area contributed by atoms with E-state index in [1.165, 1.54) is 0 Å². The predicted molar refractivity (Wildman–Crippen MR) is 62.2 cm³/mol. The molecule has 0 radical (unpaired) electrons. The van der Waals surface area contributed by atoms with Gasteiger partial charge >= 0.3 is 0 Å². The number of thiol groups is 1. The first-order valence-corrected chi connectivity index (χ1v) is 5.66. The lowest BCUT2D eigenvalue weighted by molar-refractivity contribution is 0.0377. The van der Waals surface area contributed by atoms with Gasteiger partial charge in [0.15, 0.2) is 0 Å². The van der Waals surface area contributed by atoms with E-state index < -0.39 is 0 Å². The minimum absolute atomic E-state index is 0.553. The molecular formula is C9H19N3OS. The van der Waals surface area contributed by atoms with E-state index in [4.69, 9.17) is 10.5 Å². The zero-order valence-corrected chi connectivity index (χ0v) is 9.38. The zero-order valence-electron chi connectivity index (χ0n) is 8.48. The molecule has 2 N–H and O–H groups in total. The Labute approximate surface area is 90.9 Å². The summed E-state index contributed by atoms with van der Waals surface area (Å²) < 4.78 is 5.26. The van der Waals surface area contributed by atoms with Crippen molar-refractivity contribution in [1.29, 1.82) is 0 Å². The van der Waals surface area contributed by atoms with Gasteiger partial charge in [-0.15, -0.1) is 0 Å². The second kappa shape index (κ2) is 7.09. The van der Waals surface area contributed by atoms with Crippen molar-refractivity contribution in [2.24, 2.45) is 10.7 Å². The SMILES string of the molecule is NC(CS)=NCCCN1CCOCC1. The highest BCUT2D eigenvalue weighted by Gasteiger charge is 2.08. The van der Waals surface area contributed by atoms with Crippen molar-refractivity contribution in [1.82, 2.24) is 4.90 Å². The monoisotopic (exact) mass is 217 g/mol. The van der Waals surface area contributed by atoms with Gasteiger partial charge in [-0.05, 0) is 6.42 Å². The molecule has 1 fully saturated rings. The third kappa shape index (κ3) is 4.83. The first kappa shape index (κ1) is 11.8. The van der Waals surface area contributed by atoms with Gasteiger partial charge in [-0.1, -0.05) is 0 Å². The van der Waals surface area contributed by atoms with Crippen molar-refractivity contribution in [2.75, 3.05) is 45.1 Å². The summed E-state index contributed by atoms with van der Waals surface area (Å²) in [6.45, 7) is 5.72. The van der Waals surface area contributed by atoms with Crippen LogP contribution in [0, 0.1) is 0 Å². The molecule has 5 heteroatoms. The van der Waals surface area contributed by atoms with Crippen LogP contribution in [0.5, 0.6) is 0 Å². The molecule has 0 aliphatic carbocycles. The molecule has 0 amide bonds. The van der Waals surface area contributed by atoms with Crippen LogP contribution in [0.15, 0.2) is 4.99 Å². The molecular weight excluding hydrogens is 198 g/mol. The van der Waals surface area contributed by atoms with Gasteiger partial charge < -0.3 is 10.5 Å². The minimum Gasteiger partial charge on any atom is -0.387 e. The molecule has 1 aliphatic heterocycles. The lowest BCUT2D eigenvalue weighted by atomic mass is 10.3. The fourth-order valence-corrected chi connectivity index (χ4v) is 1.49. The highest BCUT2D eigenvalue weighted by Crippen LogP contribution is 1.97. The zero-order chi connectivity index (χ0) is 10.2. The molecule has 14 heavy (non-hydrogen) atoms. The molecule has 1 rings (SSSR count). The van der Waals surface area contributed by atoms with Gasteiger partial charge in [0.1, 0.15) is 5.84 Å². The predicted octanol–water partition coefficient (Wildman–Crippen LogP) is -0.00430. The number of ether oxygens (including phenoxy) is 1. The molecule has 0 bridgehead atoms. The van der Waals surface area contributed by atoms with Gasteiger partial charge in [-0.2, -0.15) is 12.6 Å². The second-order valence-corrected chi connectivity index (χ2v) is 3.65. The molecule has 1 aliphatic rings. The van der Waals surface area contributed by atoms with Crippen LogP contribution < -0.4 is 5.73 Å². The van der Waals surface area contributed by atoms with Crippen LogP contribution in [-0.4, -0.2) is 55.9 Å². The van der Waals surface area contributed by atoms with Gasteiger partial charge in [0.2, 0.25) is 0 Å². The van der Waals surface area contributed by atoms with E-state index in [0.717, 1.165) is 45.8 Å². The summed E-state index contributed by atoms with van der Waals surface area (Å²) >= 11 is 4.04. The van der Waals surface area contributed by atoms with E-state index in [1.54, 1.807) is 0 Å². The first-order valence-electron chi connectivity index (χ1n) is 5.02. The van der Waals surface area contributed by atoms with Gasteiger partial charge in [0.25, 0.3) is 0 Å². The smallest absolute Gasteiger partial charge is 0.103 e. The standard InChI is InChI=1S/C9H19N3OS/c10-9(8-14)11-2-1-3-12-4-6-13-7-5-12/h14H,1-8H2,(H2,10,11). The van der Waals surface area contributed by atoms with Crippen molar-refractivity contribution in [3.63, 3.8) is 0 Å². The molecule has 0 atom stereocenters. The van der Waals surface area contributed by atoms with Gasteiger partial charge in [-0.3, -0.25) is 9.89 Å². The second-order valence-electron chi connectivity index (χ2n) is 3.34. The molecule has 0 saturated carbocycles. The van der Waals surface area contributed by atoms with Crippen molar-refractivity contribution < 1.29 is 4.74 Å². The van der Waals surface area contributed by atoms with Crippen molar-refractivity contribution >= 4 is 18.5 Å². The fraction of sp³-hybridized carbons (Fsp3) is 0.889. The maximum absolute atomic E-state index is 5.53. The highest BCUT2D eigenvalue weighted by atomic mass is 32.1. The van der Waals surface area contributed by atoms with Gasteiger partial charge in [0.05, 0.1) is 13.2 Å². The summed E-state index contributed by atoms with van der Waals surface area (Å²) in [6.07, 6.45) is 1.06. The van der Waals surface area contributed by atoms with Crippen LogP contribution in [-0.2, 0) is 4.74 Å². The summed E-state index contributed by atoms with van der Waals surface area (Å²) in [6, 6.07) is 0. The van der Waals surface area contributed by atoms with Crippen LogP contribution >= 0.6 is 12.6 Å². The maximum Gasteiger partial charge on any atom is 0.103 e. The van der Waals surface area contributed by atoms with Crippen LogP contribution in [0.25, 0.3) is 0 Å². The summed E-state index contributed by atoms with van der Waals surface area (Å²) in [4.78, 5) is 6.59. The molecule has 4 nitrogen and oxygen atoms in total. The van der Waals surface area contributed by atoms with E-state index in [1.807, 2.05) is 0 Å². The summed E-state index contributed by atoms with van der Waals surface area (Å²) in [5, 5.41) is 0. The number of aliphatic imine (C=N–C) groups is 1. The van der Waals surface area contributed by atoms with Crippen LogP contribution in [0.4, 0.5) is 0 Å². The Morgan fingerprint density at radius 3 is 2.79 bits per heavy atom. The Kier molecular flexibility index (Phi) is 5.98. The average Bonchev–Trinajstić information content (AvgIpc) is 2.25. The van der Waals surface area contributed by atoms with Crippen LogP contribution in [0.1, 0.15) is 6.42 Å². The fourth-order valence-electron chi connectivity index (χ4n) is 1.39. The Balaban J connectivity index is 2.02. The number of nitrogens with zero attached hydrogens (tertiary/aromatic N) is 2. The molecule has 0 aromatic carbocycles. The third-order valence-corrected chi connectivity index (χ3v) is 2.54. The van der Waals surface area contributed by atoms with Crippen molar-refractivity contribution in [3.05, 3.63) is 0 Å². The number of nitrogens with two attached hydrogens (primary N) is 1. The molecule has 82 valence electrons. The first-order chi connectivity index (χ1) is 6.83. The largest absolute Gasteiger partial charge is 0.387 e. The molecule has 1 heterocycles. The van der Waals surface area contributed by atoms with Gasteiger partial charge in [0, 0.05) is 31.9 Å². The summed E-state index contributed by atoms with van der Waals surface area (Å²) in [7, 11) is 0. The number of amidine groups is 1. The normalized spacial score (nSPS) is 19.9. The van der Waals surface area contributed by atoms with Crippen LogP contribution in [0.2, 0.25) is 0 Å². The van der Waals surface area contributed by atoms with E-state index in [9.17, 15) is 0 Å². The molecule has 0 aromatic heterocycles. The Morgan fingerprint density at radius 1 is 1.43 bits per heavy atom. The molecule has 0 unspecified atom stereocenters. The highest BCUT2D eigenvalue weighted by molar-refractivity contribution is 7.81. The van der Waals surface area contributed by atoms with Gasteiger partial charge in [-0.25, -0.2) is 0 Å². The Hall–Kier alpha value is -0.260. The van der Waals surface area contributed by atoms with E-state index in [-0.39, 0.29) is 0 Å². The van der Waals surface area contributed by atoms with Crippen LogP contribution in [0.3, 0.4) is 0 Å². The summed E-state index contributed by atoms with van der Waals surface area (Å²) in [5.74, 6) is 1.19. The summed E-state index contributed by atoms with van der Waals surface area (Å²) in [5.41, 5.74) is 5.53. The quantitative estimate of drug-likeness (QED) is 0.295. The lowest BCUT2D eigenvalue weighted by Gasteiger charge is -2.26. The topological polar surface area (TPSA) is 50.8 Å². The number of hydrogen-bond donors (Lipinski definition) is 2. The minimum atomic E-state index is 0.553. The maximum atomic E-state index is 5.53. The van der Waals surface area contributed by atoms with Crippen molar-refractivity contribution in [2.45, 2.75) is 6.42 Å². The molecule has 0 aromatic rings. The van der Waals surface area contributed by atoms with E-state index in [2.05, 4.69) is 22.5 Å². The number of morpholine rings is 1. The van der Waals surface area contributed by atoms with Crippen molar-refractivity contribution in [3.8, 4) is 0 Å². The Morgan fingerprint density at radius 2 is 2.14 bits per heavy atom.